The molecule has 0 unspecified atom stereocenters. The van der Waals surface area contributed by atoms with Crippen LogP contribution in [0.25, 0.3) is 11.4 Å². The molecule has 144 valence electrons. The van der Waals surface area contributed by atoms with E-state index in [2.05, 4.69) is 22.3 Å². The smallest absolute Gasteiger partial charge is 0.227 e. The largest absolute Gasteiger partial charge is 0.497 e. The van der Waals surface area contributed by atoms with Crippen LogP contribution in [0.15, 0.2) is 59.1 Å². The van der Waals surface area contributed by atoms with E-state index in [0.29, 0.717) is 30.6 Å². The predicted octanol–water partition coefficient (Wildman–Crippen LogP) is 3.52. The van der Waals surface area contributed by atoms with Gasteiger partial charge in [-0.2, -0.15) is 4.98 Å². The summed E-state index contributed by atoms with van der Waals surface area (Å²) < 4.78 is 10.5. The molecule has 6 nitrogen and oxygen atoms in total. The van der Waals surface area contributed by atoms with Crippen LogP contribution >= 0.6 is 0 Å². The molecule has 1 aromatic heterocycles. The number of likely N-dealkylation sites (tertiary alicyclic amines) is 1. The molecule has 1 aliphatic rings. The molecule has 0 bridgehead atoms. The summed E-state index contributed by atoms with van der Waals surface area (Å²) in [7, 11) is 1.63. The average molecular weight is 377 g/mol. The fraction of sp³-hybridized carbons (Fsp3) is 0.318. The highest BCUT2D eigenvalue weighted by molar-refractivity contribution is 5.77. The number of carbonyl (C=O) groups excluding carboxylic acids is 1. The molecule has 3 aromatic rings. The number of amides is 1. The molecule has 1 atom stereocenters. The van der Waals surface area contributed by atoms with Gasteiger partial charge in [0.05, 0.1) is 7.11 Å². The third kappa shape index (κ3) is 4.06. The van der Waals surface area contributed by atoms with Gasteiger partial charge in [-0.25, -0.2) is 0 Å². The zero-order valence-electron chi connectivity index (χ0n) is 15.9. The summed E-state index contributed by atoms with van der Waals surface area (Å²) in [5, 5.41) is 4.02. The van der Waals surface area contributed by atoms with Gasteiger partial charge in [0.15, 0.2) is 0 Å². The minimum absolute atomic E-state index is 0.149. The first kappa shape index (κ1) is 18.2. The molecule has 0 saturated carbocycles. The van der Waals surface area contributed by atoms with Crippen LogP contribution in [-0.2, 0) is 17.6 Å². The summed E-state index contributed by atoms with van der Waals surface area (Å²) >= 11 is 0. The van der Waals surface area contributed by atoms with Crippen LogP contribution in [0, 0.1) is 0 Å². The Morgan fingerprint density at radius 2 is 1.96 bits per heavy atom. The second kappa shape index (κ2) is 8.25. The molecule has 1 fully saturated rings. The van der Waals surface area contributed by atoms with E-state index in [1.54, 1.807) is 7.11 Å². The third-order valence-electron chi connectivity index (χ3n) is 5.15. The Kier molecular flexibility index (Phi) is 5.37. The Morgan fingerprint density at radius 3 is 2.64 bits per heavy atom. The van der Waals surface area contributed by atoms with Crippen LogP contribution in [-0.4, -0.2) is 40.6 Å². The van der Waals surface area contributed by atoms with Crippen molar-refractivity contribution < 1.29 is 14.1 Å². The van der Waals surface area contributed by atoms with Crippen molar-refractivity contribution in [3.8, 4) is 17.1 Å². The Bertz CT molecular complexity index is 922. The minimum Gasteiger partial charge on any atom is -0.497 e. The molecule has 0 aliphatic carbocycles. The molecular weight excluding hydrogens is 354 g/mol. The van der Waals surface area contributed by atoms with Crippen molar-refractivity contribution in [2.75, 3.05) is 13.7 Å². The molecule has 2 heterocycles. The third-order valence-corrected chi connectivity index (χ3v) is 5.15. The number of hydrogen-bond acceptors (Lipinski definition) is 5. The number of aryl methyl sites for hydroxylation is 1. The Balaban J connectivity index is 1.31. The first-order chi connectivity index (χ1) is 13.7. The van der Waals surface area contributed by atoms with Crippen molar-refractivity contribution in [1.82, 2.24) is 15.0 Å². The number of ether oxygens (including phenoxy) is 1. The van der Waals surface area contributed by atoms with Crippen LogP contribution in [0.5, 0.6) is 5.75 Å². The predicted molar refractivity (Wildman–Crippen MR) is 105 cm³/mol. The first-order valence-electron chi connectivity index (χ1n) is 9.53. The first-order valence-corrected chi connectivity index (χ1v) is 9.53. The van der Waals surface area contributed by atoms with Crippen molar-refractivity contribution in [1.29, 1.82) is 0 Å². The summed E-state index contributed by atoms with van der Waals surface area (Å²) in [5.41, 5.74) is 2.12. The van der Waals surface area contributed by atoms with Gasteiger partial charge in [-0.15, -0.1) is 0 Å². The average Bonchev–Trinajstić information content (AvgIpc) is 3.19. The maximum Gasteiger partial charge on any atom is 0.227 e. The quantitative estimate of drug-likeness (QED) is 0.630. The Labute approximate surface area is 164 Å². The van der Waals surface area contributed by atoms with E-state index in [1.807, 2.05) is 47.4 Å². The lowest BCUT2D eigenvalue weighted by atomic mass is 9.94. The van der Waals surface area contributed by atoms with Crippen LogP contribution in [0.2, 0.25) is 0 Å². The highest BCUT2D eigenvalue weighted by Crippen LogP contribution is 2.24. The van der Waals surface area contributed by atoms with Gasteiger partial charge < -0.3 is 14.2 Å². The zero-order valence-corrected chi connectivity index (χ0v) is 15.9. The summed E-state index contributed by atoms with van der Waals surface area (Å²) in [4.78, 5) is 18.9. The van der Waals surface area contributed by atoms with Gasteiger partial charge in [0, 0.05) is 31.0 Å². The van der Waals surface area contributed by atoms with Gasteiger partial charge in [0.1, 0.15) is 5.75 Å². The van der Waals surface area contributed by atoms with Gasteiger partial charge >= 0.3 is 0 Å². The lowest BCUT2D eigenvalue weighted by molar-refractivity contribution is -0.138. The van der Waals surface area contributed by atoms with Crippen molar-refractivity contribution >= 4 is 5.91 Å². The van der Waals surface area contributed by atoms with Crippen LogP contribution in [0.4, 0.5) is 0 Å². The molecule has 0 radical (unpaired) electrons. The van der Waals surface area contributed by atoms with Crippen LogP contribution < -0.4 is 4.74 Å². The molecule has 0 spiro atoms. The van der Waals surface area contributed by atoms with Gasteiger partial charge in [-0.3, -0.25) is 4.79 Å². The summed E-state index contributed by atoms with van der Waals surface area (Å²) in [6.45, 7) is 0.831. The van der Waals surface area contributed by atoms with Crippen molar-refractivity contribution in [3.63, 3.8) is 0 Å². The van der Waals surface area contributed by atoms with E-state index in [0.717, 1.165) is 30.7 Å². The van der Waals surface area contributed by atoms with E-state index >= 15 is 0 Å². The second-order valence-corrected chi connectivity index (χ2v) is 6.96. The van der Waals surface area contributed by atoms with Gasteiger partial charge in [0.25, 0.3) is 0 Å². The van der Waals surface area contributed by atoms with E-state index in [4.69, 9.17) is 9.26 Å². The number of carbonyl (C=O) groups is 1. The van der Waals surface area contributed by atoms with Crippen molar-refractivity contribution in [2.45, 2.75) is 31.7 Å². The van der Waals surface area contributed by atoms with E-state index in [1.165, 1.54) is 5.56 Å². The Hall–Kier alpha value is -3.15. The second-order valence-electron chi connectivity index (χ2n) is 6.96. The maximum absolute atomic E-state index is 12.6. The fourth-order valence-corrected chi connectivity index (χ4v) is 3.44. The minimum atomic E-state index is 0.149. The lowest BCUT2D eigenvalue weighted by Gasteiger charge is -2.41. The van der Waals surface area contributed by atoms with Gasteiger partial charge in [-0.1, -0.05) is 35.5 Å². The highest BCUT2D eigenvalue weighted by Gasteiger charge is 2.31. The number of rotatable bonds is 7. The monoisotopic (exact) mass is 377 g/mol. The van der Waals surface area contributed by atoms with E-state index in [9.17, 15) is 4.79 Å². The number of benzene rings is 2. The van der Waals surface area contributed by atoms with E-state index < -0.39 is 0 Å². The molecule has 6 heteroatoms. The molecule has 0 N–H and O–H groups in total. The number of nitrogens with zero attached hydrogens (tertiary/aromatic N) is 3. The summed E-state index contributed by atoms with van der Waals surface area (Å²) in [6, 6.07) is 18.1. The summed E-state index contributed by atoms with van der Waals surface area (Å²) in [5.74, 6) is 1.93. The highest BCUT2D eigenvalue weighted by atomic mass is 16.5. The fourth-order valence-electron chi connectivity index (χ4n) is 3.44. The number of hydrogen-bond donors (Lipinski definition) is 0. The molecule has 2 aromatic carbocycles. The molecule has 1 amide bonds. The lowest BCUT2D eigenvalue weighted by Crippen LogP contribution is -2.52. The Morgan fingerprint density at radius 1 is 1.18 bits per heavy atom. The molecule has 1 aliphatic heterocycles. The van der Waals surface area contributed by atoms with Crippen LogP contribution in [0.1, 0.15) is 24.3 Å². The number of methoxy groups -OCH3 is 1. The molecular formula is C22H23N3O3. The summed E-state index contributed by atoms with van der Waals surface area (Å²) in [6.07, 6.45) is 2.81. The standard InChI is InChI=1S/C22H23N3O3/c1-27-19-9-7-17(8-10-19)22-23-20(28-24-22)11-12-21(26)25-14-13-18(25)15-16-5-3-2-4-6-16/h2-10,18H,11-15H2,1H3/t18-/m1/s1. The molecule has 1 saturated heterocycles. The zero-order chi connectivity index (χ0) is 19.3. The molecule has 4 rings (SSSR count). The maximum atomic E-state index is 12.6. The van der Waals surface area contributed by atoms with Gasteiger partial charge in [0.2, 0.25) is 17.6 Å². The SMILES string of the molecule is COc1ccc(-c2noc(CCC(=O)N3CC[C@@H]3Cc3ccccc3)n2)cc1. The van der Waals surface area contributed by atoms with Crippen molar-refractivity contribution in [2.24, 2.45) is 0 Å². The number of aromatic nitrogens is 2. The molecule has 28 heavy (non-hydrogen) atoms. The van der Waals surface area contributed by atoms with Crippen molar-refractivity contribution in [3.05, 3.63) is 66.1 Å². The van der Waals surface area contributed by atoms with E-state index in [-0.39, 0.29) is 5.91 Å². The topological polar surface area (TPSA) is 68.5 Å². The van der Waals surface area contributed by atoms with Gasteiger partial charge in [-0.05, 0) is 42.7 Å². The van der Waals surface area contributed by atoms with Crippen LogP contribution in [0.3, 0.4) is 0 Å². The normalized spacial score (nSPS) is 15.9.